The second-order valence-electron chi connectivity index (χ2n) is 9.23. The van der Waals surface area contributed by atoms with Crippen LogP contribution < -0.4 is 0 Å². The molecule has 1 N–H and O–H groups in total. The molecule has 0 aliphatic rings. The maximum Gasteiger partial charge on any atom is 0.0562 e. The summed E-state index contributed by atoms with van der Waals surface area (Å²) in [6.45, 7) is 6.78. The Morgan fingerprint density at radius 3 is 2.07 bits per heavy atom. The van der Waals surface area contributed by atoms with Crippen LogP contribution in [-0.2, 0) is 5.41 Å². The van der Waals surface area contributed by atoms with Crippen molar-refractivity contribution in [3.8, 4) is 5.69 Å². The van der Waals surface area contributed by atoms with Crippen molar-refractivity contribution in [1.29, 1.82) is 0 Å². The maximum atomic E-state index is 3.61. The molecule has 0 aliphatic heterocycles. The van der Waals surface area contributed by atoms with E-state index in [9.17, 15) is 0 Å². The number of benzene rings is 4. The smallest absolute Gasteiger partial charge is 0.0562 e. The van der Waals surface area contributed by atoms with E-state index >= 15 is 0 Å². The van der Waals surface area contributed by atoms with Gasteiger partial charge in [0.25, 0.3) is 0 Å². The molecule has 0 bridgehead atoms. The van der Waals surface area contributed by atoms with E-state index in [4.69, 9.17) is 0 Å². The quantitative estimate of drug-likeness (QED) is 0.298. The van der Waals surface area contributed by atoms with E-state index in [2.05, 4.69) is 115 Å². The average Bonchev–Trinajstić information content (AvgIpc) is 3.26. The van der Waals surface area contributed by atoms with Crippen molar-refractivity contribution in [1.82, 2.24) is 9.55 Å². The summed E-state index contributed by atoms with van der Waals surface area (Å²) in [7, 11) is 0. The first kappa shape index (κ1) is 17.3. The molecule has 2 heteroatoms. The lowest BCUT2D eigenvalue weighted by Gasteiger charge is -2.19. The molecule has 0 aliphatic carbocycles. The van der Waals surface area contributed by atoms with E-state index in [0.29, 0.717) is 0 Å². The Balaban J connectivity index is 1.70. The van der Waals surface area contributed by atoms with Gasteiger partial charge in [0.15, 0.2) is 0 Å². The summed E-state index contributed by atoms with van der Waals surface area (Å²) >= 11 is 0. The maximum absolute atomic E-state index is 3.61. The van der Waals surface area contributed by atoms with Crippen LogP contribution >= 0.6 is 0 Å². The van der Waals surface area contributed by atoms with Crippen LogP contribution in [0.1, 0.15) is 26.3 Å². The summed E-state index contributed by atoms with van der Waals surface area (Å²) in [5, 5.41) is 5.15. The van der Waals surface area contributed by atoms with Crippen LogP contribution in [0.15, 0.2) is 84.9 Å². The second kappa shape index (κ2) is 5.99. The van der Waals surface area contributed by atoms with E-state index in [1.165, 1.54) is 54.9 Å². The monoisotopic (exact) mass is 388 g/mol. The van der Waals surface area contributed by atoms with Gasteiger partial charge >= 0.3 is 0 Å². The molecule has 0 saturated heterocycles. The molecular formula is C28H24N2. The highest BCUT2D eigenvalue weighted by atomic mass is 15.0. The minimum atomic E-state index is 0.149. The van der Waals surface area contributed by atoms with Crippen molar-refractivity contribution in [2.45, 2.75) is 26.2 Å². The highest BCUT2D eigenvalue weighted by Gasteiger charge is 2.17. The van der Waals surface area contributed by atoms with Crippen LogP contribution in [0.5, 0.6) is 0 Å². The molecule has 0 fully saturated rings. The van der Waals surface area contributed by atoms with Crippen LogP contribution in [0.25, 0.3) is 49.3 Å². The number of fused-ring (bicyclic) bond motifs is 6. The summed E-state index contributed by atoms with van der Waals surface area (Å²) in [4.78, 5) is 3.61. The van der Waals surface area contributed by atoms with Crippen LogP contribution in [0.3, 0.4) is 0 Å². The fourth-order valence-electron chi connectivity index (χ4n) is 4.70. The van der Waals surface area contributed by atoms with Crippen LogP contribution in [0, 0.1) is 0 Å². The van der Waals surface area contributed by atoms with Gasteiger partial charge < -0.3 is 9.55 Å². The van der Waals surface area contributed by atoms with Crippen LogP contribution in [0.4, 0.5) is 0 Å². The van der Waals surface area contributed by atoms with E-state index < -0.39 is 0 Å². The molecule has 146 valence electrons. The molecule has 6 rings (SSSR count). The van der Waals surface area contributed by atoms with Crippen molar-refractivity contribution in [2.75, 3.05) is 0 Å². The summed E-state index contributed by atoms with van der Waals surface area (Å²) in [5.74, 6) is 0. The molecule has 2 nitrogen and oxygen atoms in total. The average molecular weight is 389 g/mol. The fraction of sp³-hybridized carbons (Fsp3) is 0.143. The lowest BCUT2D eigenvalue weighted by molar-refractivity contribution is 0.590. The summed E-state index contributed by atoms with van der Waals surface area (Å²) in [6, 6.07) is 31.0. The minimum Gasteiger partial charge on any atom is -0.354 e. The zero-order chi connectivity index (χ0) is 20.5. The van der Waals surface area contributed by atoms with Gasteiger partial charge in [0.1, 0.15) is 0 Å². The Labute approximate surface area is 175 Å². The number of hydrogen-bond donors (Lipinski definition) is 1. The van der Waals surface area contributed by atoms with Gasteiger partial charge in [-0.3, -0.25) is 0 Å². The largest absolute Gasteiger partial charge is 0.354 e. The normalized spacial score (nSPS) is 12.5. The number of nitrogens with zero attached hydrogens (tertiary/aromatic N) is 1. The highest BCUT2D eigenvalue weighted by Crippen LogP contribution is 2.37. The lowest BCUT2D eigenvalue weighted by atomic mass is 9.87. The van der Waals surface area contributed by atoms with E-state index in [0.717, 1.165) is 0 Å². The first-order valence-corrected chi connectivity index (χ1v) is 10.6. The van der Waals surface area contributed by atoms with Crippen molar-refractivity contribution in [3.05, 3.63) is 90.5 Å². The number of H-pyrrole nitrogens is 1. The first-order valence-electron chi connectivity index (χ1n) is 10.6. The second-order valence-corrected chi connectivity index (χ2v) is 9.23. The number of rotatable bonds is 1. The summed E-state index contributed by atoms with van der Waals surface area (Å²) in [5.41, 5.74) is 7.54. The molecule has 0 saturated carbocycles. The van der Waals surface area contributed by atoms with Gasteiger partial charge in [0, 0.05) is 38.3 Å². The van der Waals surface area contributed by atoms with Gasteiger partial charge in [-0.2, -0.15) is 0 Å². The number of nitrogens with one attached hydrogen (secondary N) is 1. The van der Waals surface area contributed by atoms with Crippen molar-refractivity contribution in [3.63, 3.8) is 0 Å². The predicted molar refractivity (Wildman–Crippen MR) is 129 cm³/mol. The SMILES string of the molecule is CC(C)(C)c1ccc(-n2c3ccccc3c3cc4c(cc32)[nH]c2ccccc24)cc1. The Bertz CT molecular complexity index is 1550. The first-order chi connectivity index (χ1) is 14.5. The zero-order valence-corrected chi connectivity index (χ0v) is 17.5. The zero-order valence-electron chi connectivity index (χ0n) is 17.5. The minimum absolute atomic E-state index is 0.149. The number of aromatic amines is 1. The molecule has 0 atom stereocenters. The predicted octanol–water partition coefficient (Wildman–Crippen LogP) is 7.72. The molecule has 0 amide bonds. The molecule has 6 aromatic rings. The number of aromatic nitrogens is 2. The van der Waals surface area contributed by atoms with Crippen LogP contribution in [-0.4, -0.2) is 9.55 Å². The van der Waals surface area contributed by atoms with Gasteiger partial charge in [-0.1, -0.05) is 69.3 Å². The number of para-hydroxylation sites is 2. The summed E-state index contributed by atoms with van der Waals surface area (Å²) < 4.78 is 2.39. The van der Waals surface area contributed by atoms with Crippen molar-refractivity contribution >= 4 is 43.6 Å². The van der Waals surface area contributed by atoms with E-state index in [1.807, 2.05) is 0 Å². The molecule has 0 spiro atoms. The fourth-order valence-corrected chi connectivity index (χ4v) is 4.70. The standard InChI is InChI=1S/C28H24N2/c1-28(2,3)18-12-14-19(15-13-18)30-26-11-7-5-9-21(26)23-16-22-20-8-4-6-10-24(20)29-25(22)17-27(23)30/h4-17,29H,1-3H3. The lowest BCUT2D eigenvalue weighted by Crippen LogP contribution is -2.10. The van der Waals surface area contributed by atoms with Gasteiger partial charge in [0.05, 0.1) is 11.0 Å². The molecule has 2 heterocycles. The molecular weight excluding hydrogens is 364 g/mol. The van der Waals surface area contributed by atoms with Gasteiger partial charge in [-0.05, 0) is 47.4 Å². The molecule has 2 aromatic heterocycles. The van der Waals surface area contributed by atoms with E-state index in [-0.39, 0.29) is 5.41 Å². The van der Waals surface area contributed by atoms with Gasteiger partial charge in [-0.25, -0.2) is 0 Å². The topological polar surface area (TPSA) is 20.7 Å². The van der Waals surface area contributed by atoms with Gasteiger partial charge in [-0.15, -0.1) is 0 Å². The number of hydrogen-bond acceptors (Lipinski definition) is 0. The Kier molecular flexibility index (Phi) is 3.47. The van der Waals surface area contributed by atoms with Crippen molar-refractivity contribution in [2.24, 2.45) is 0 Å². The third-order valence-corrected chi connectivity index (χ3v) is 6.29. The molecule has 0 radical (unpaired) electrons. The van der Waals surface area contributed by atoms with Crippen LogP contribution in [0.2, 0.25) is 0 Å². The molecule has 4 aromatic carbocycles. The van der Waals surface area contributed by atoms with E-state index in [1.54, 1.807) is 0 Å². The van der Waals surface area contributed by atoms with Gasteiger partial charge in [0.2, 0.25) is 0 Å². The Morgan fingerprint density at radius 2 is 1.30 bits per heavy atom. The van der Waals surface area contributed by atoms with Crippen molar-refractivity contribution < 1.29 is 0 Å². The third kappa shape index (κ3) is 2.43. The summed E-state index contributed by atoms with van der Waals surface area (Å²) in [6.07, 6.45) is 0. The Morgan fingerprint density at radius 1 is 0.600 bits per heavy atom. The Hall–Kier alpha value is -3.52. The molecule has 30 heavy (non-hydrogen) atoms. The third-order valence-electron chi connectivity index (χ3n) is 6.29. The highest BCUT2D eigenvalue weighted by molar-refractivity contribution is 6.18. The molecule has 0 unspecified atom stereocenters.